The largest absolute Gasteiger partial charge is 0.153 e. The second-order valence-electron chi connectivity index (χ2n) is 5.45. The van der Waals surface area contributed by atoms with Crippen molar-refractivity contribution < 1.29 is 0 Å². The summed E-state index contributed by atoms with van der Waals surface area (Å²) in [6, 6.07) is 21.8. The maximum Gasteiger partial charge on any atom is -0.00926 e. The first-order valence-corrected chi connectivity index (χ1v) is 6.97. The van der Waals surface area contributed by atoms with Crippen LogP contribution in [0.5, 0.6) is 0 Å². The molecule has 2 aliphatic carbocycles. The molecule has 0 radical (unpaired) electrons. The fourth-order valence-corrected chi connectivity index (χ4v) is 3.46. The van der Waals surface area contributed by atoms with Crippen LogP contribution in [-0.4, -0.2) is 0 Å². The standard InChI is InChI=1S/C20H12.H3P/c1-3-7-15-13(5-1)11-19-17(15)9-10-18-16-8-4-2-6-14(16)12-20(18)19;/h1-12H;1H3. The Morgan fingerprint density at radius 3 is 1.33 bits per heavy atom. The van der Waals surface area contributed by atoms with Gasteiger partial charge in [0, 0.05) is 0 Å². The Morgan fingerprint density at radius 1 is 0.429 bits per heavy atom. The number of benzene rings is 3. The Morgan fingerprint density at radius 2 is 0.857 bits per heavy atom. The van der Waals surface area contributed by atoms with Crippen molar-refractivity contribution in [2.75, 3.05) is 0 Å². The summed E-state index contributed by atoms with van der Waals surface area (Å²) < 4.78 is 0. The van der Waals surface area contributed by atoms with Crippen molar-refractivity contribution in [3.05, 3.63) is 82.2 Å². The molecule has 0 saturated heterocycles. The minimum absolute atomic E-state index is 0. The van der Waals surface area contributed by atoms with E-state index in [1.807, 2.05) is 0 Å². The first-order valence-electron chi connectivity index (χ1n) is 6.97. The summed E-state index contributed by atoms with van der Waals surface area (Å²) in [6.07, 6.45) is 4.65. The van der Waals surface area contributed by atoms with Crippen molar-refractivity contribution in [2.45, 2.75) is 0 Å². The first kappa shape index (κ1) is 12.6. The minimum Gasteiger partial charge on any atom is -0.153 e. The second-order valence-corrected chi connectivity index (χ2v) is 5.45. The molecule has 1 atom stereocenters. The van der Waals surface area contributed by atoms with E-state index in [1.54, 1.807) is 0 Å². The summed E-state index contributed by atoms with van der Waals surface area (Å²) in [4.78, 5) is 0. The van der Waals surface area contributed by atoms with Crippen LogP contribution in [0.15, 0.2) is 60.7 Å². The van der Waals surface area contributed by atoms with Crippen LogP contribution >= 0.6 is 9.90 Å². The van der Waals surface area contributed by atoms with Crippen LogP contribution in [0.3, 0.4) is 0 Å². The molecule has 1 heteroatoms. The van der Waals surface area contributed by atoms with Gasteiger partial charge in [-0.2, -0.15) is 9.90 Å². The lowest BCUT2D eigenvalue weighted by Crippen LogP contribution is -2.25. The Hall–Kier alpha value is -2.17. The molecule has 0 nitrogen and oxygen atoms in total. The molecule has 0 N–H and O–H groups in total. The highest BCUT2D eigenvalue weighted by Gasteiger charge is 2.17. The van der Waals surface area contributed by atoms with E-state index in [-0.39, 0.29) is 9.90 Å². The fourth-order valence-electron chi connectivity index (χ4n) is 3.46. The molecular weight excluding hydrogens is 271 g/mol. The summed E-state index contributed by atoms with van der Waals surface area (Å²) in [6.45, 7) is 0. The monoisotopic (exact) mass is 286 g/mol. The van der Waals surface area contributed by atoms with Gasteiger partial charge in [-0.05, 0) is 56.0 Å². The van der Waals surface area contributed by atoms with Gasteiger partial charge in [0.15, 0.2) is 0 Å². The lowest BCUT2D eigenvalue weighted by atomic mass is 10.0. The van der Waals surface area contributed by atoms with Crippen LogP contribution in [0.4, 0.5) is 0 Å². The van der Waals surface area contributed by atoms with E-state index >= 15 is 0 Å². The zero-order valence-corrected chi connectivity index (χ0v) is 13.0. The predicted octanol–water partition coefficient (Wildman–Crippen LogP) is 3.36. The Kier molecular flexibility index (Phi) is 2.64. The van der Waals surface area contributed by atoms with Crippen molar-refractivity contribution >= 4 is 22.1 Å². The van der Waals surface area contributed by atoms with Crippen LogP contribution in [0.1, 0.15) is 11.1 Å². The van der Waals surface area contributed by atoms with Crippen LogP contribution < -0.4 is 10.4 Å². The van der Waals surface area contributed by atoms with Crippen LogP contribution in [-0.2, 0) is 0 Å². The molecule has 0 amide bonds. The van der Waals surface area contributed by atoms with Crippen molar-refractivity contribution in [2.24, 2.45) is 0 Å². The summed E-state index contributed by atoms with van der Waals surface area (Å²) in [5.74, 6) is 0. The Labute approximate surface area is 127 Å². The molecular formula is C20H15P. The van der Waals surface area contributed by atoms with E-state index in [2.05, 4.69) is 72.8 Å². The first-order chi connectivity index (χ1) is 9.92. The van der Waals surface area contributed by atoms with E-state index in [1.165, 1.54) is 43.8 Å². The molecule has 21 heavy (non-hydrogen) atoms. The van der Waals surface area contributed by atoms with E-state index in [4.69, 9.17) is 0 Å². The average Bonchev–Trinajstić information content (AvgIpc) is 3.05. The van der Waals surface area contributed by atoms with E-state index in [9.17, 15) is 0 Å². The predicted molar refractivity (Wildman–Crippen MR) is 94.8 cm³/mol. The lowest BCUT2D eigenvalue weighted by molar-refractivity contribution is 1.54. The number of fused-ring (bicyclic) bond motifs is 7. The molecule has 0 aromatic heterocycles. The molecule has 1 unspecified atom stereocenters. The van der Waals surface area contributed by atoms with E-state index in [0.29, 0.717) is 0 Å². The maximum atomic E-state index is 2.33. The molecule has 3 aromatic carbocycles. The smallest absolute Gasteiger partial charge is 0.00926 e. The van der Waals surface area contributed by atoms with E-state index < -0.39 is 0 Å². The van der Waals surface area contributed by atoms with Crippen molar-refractivity contribution in [1.29, 1.82) is 0 Å². The van der Waals surface area contributed by atoms with E-state index in [0.717, 1.165) is 0 Å². The van der Waals surface area contributed by atoms with Gasteiger partial charge in [-0.25, -0.2) is 0 Å². The third kappa shape index (κ3) is 1.60. The Bertz CT molecular complexity index is 914. The minimum atomic E-state index is 0. The van der Waals surface area contributed by atoms with Gasteiger partial charge in [0.25, 0.3) is 0 Å². The van der Waals surface area contributed by atoms with Gasteiger partial charge in [0.05, 0.1) is 0 Å². The summed E-state index contributed by atoms with van der Waals surface area (Å²) in [7, 11) is 0. The van der Waals surface area contributed by atoms with Gasteiger partial charge in [-0.3, -0.25) is 0 Å². The number of rotatable bonds is 0. The molecule has 0 spiro atoms. The molecule has 2 aliphatic rings. The molecule has 3 aromatic rings. The second kappa shape index (κ2) is 4.41. The quantitative estimate of drug-likeness (QED) is 0.383. The normalized spacial score (nSPS) is 12.2. The highest BCUT2D eigenvalue weighted by Crippen LogP contribution is 2.30. The van der Waals surface area contributed by atoms with Crippen LogP contribution in [0.2, 0.25) is 0 Å². The van der Waals surface area contributed by atoms with Crippen LogP contribution in [0, 0.1) is 0 Å². The van der Waals surface area contributed by atoms with Crippen molar-refractivity contribution in [3.8, 4) is 22.3 Å². The van der Waals surface area contributed by atoms with Gasteiger partial charge in [0.1, 0.15) is 0 Å². The molecule has 0 saturated carbocycles. The Balaban J connectivity index is 0.00000115. The SMILES string of the molecule is C1=c2c(ccc3c2=Cc2ccccc2-3)-c2ccccc21.P. The molecule has 0 fully saturated rings. The highest BCUT2D eigenvalue weighted by molar-refractivity contribution is 6.92. The third-order valence-electron chi connectivity index (χ3n) is 4.39. The average molecular weight is 286 g/mol. The van der Waals surface area contributed by atoms with Gasteiger partial charge in [-0.1, -0.05) is 60.7 Å². The highest BCUT2D eigenvalue weighted by atomic mass is 31.0. The van der Waals surface area contributed by atoms with Crippen LogP contribution in [0.25, 0.3) is 34.4 Å². The van der Waals surface area contributed by atoms with Gasteiger partial charge in [0.2, 0.25) is 0 Å². The van der Waals surface area contributed by atoms with Crippen molar-refractivity contribution in [3.63, 3.8) is 0 Å². The maximum absolute atomic E-state index is 2.33. The zero-order chi connectivity index (χ0) is 13.1. The molecule has 0 bridgehead atoms. The lowest BCUT2D eigenvalue weighted by Gasteiger charge is -2.03. The zero-order valence-electron chi connectivity index (χ0n) is 11.6. The molecule has 0 heterocycles. The fraction of sp³-hybridized carbons (Fsp3) is 0. The summed E-state index contributed by atoms with van der Waals surface area (Å²) >= 11 is 0. The molecule has 5 rings (SSSR count). The third-order valence-corrected chi connectivity index (χ3v) is 4.39. The van der Waals surface area contributed by atoms with Gasteiger partial charge >= 0.3 is 0 Å². The number of hydrogen-bond acceptors (Lipinski definition) is 0. The molecule has 100 valence electrons. The van der Waals surface area contributed by atoms with Crippen molar-refractivity contribution in [1.82, 2.24) is 0 Å². The topological polar surface area (TPSA) is 0 Å². The van der Waals surface area contributed by atoms with Gasteiger partial charge in [-0.15, -0.1) is 0 Å². The summed E-state index contributed by atoms with van der Waals surface area (Å²) in [5.41, 5.74) is 8.11. The van der Waals surface area contributed by atoms with Gasteiger partial charge < -0.3 is 0 Å². The summed E-state index contributed by atoms with van der Waals surface area (Å²) in [5, 5.41) is 2.75. The number of hydrogen-bond donors (Lipinski definition) is 0. The molecule has 0 aliphatic heterocycles.